The molecule has 0 fully saturated rings. The fraction of sp³-hybridized carbons (Fsp3) is 0.591. The monoisotopic (exact) mass is 404 g/mol. The molecule has 29 heavy (non-hydrogen) atoms. The van der Waals surface area contributed by atoms with Gasteiger partial charge in [-0.3, -0.25) is 15.0 Å². The Bertz CT molecular complexity index is 823. The summed E-state index contributed by atoms with van der Waals surface area (Å²) in [6, 6.07) is 3.09. The van der Waals surface area contributed by atoms with Gasteiger partial charge in [-0.1, -0.05) is 6.08 Å². The van der Waals surface area contributed by atoms with Crippen LogP contribution >= 0.6 is 0 Å². The third-order valence-corrected chi connectivity index (χ3v) is 4.69. The molecule has 0 saturated heterocycles. The minimum Gasteiger partial charge on any atom is -0.484 e. The lowest BCUT2D eigenvalue weighted by Gasteiger charge is -2.39. The van der Waals surface area contributed by atoms with Gasteiger partial charge in [-0.15, -0.1) is 0 Å². The second kappa shape index (κ2) is 8.43. The van der Waals surface area contributed by atoms with Crippen molar-refractivity contribution >= 4 is 17.4 Å². The number of carbonyl (C=O) groups is 1. The molecule has 0 spiro atoms. The minimum atomic E-state index is -0.557. The van der Waals surface area contributed by atoms with E-state index >= 15 is 0 Å². The van der Waals surface area contributed by atoms with Gasteiger partial charge >= 0.3 is 11.8 Å². The number of carbonyl (C=O) groups excluding carboxylic acids is 1. The van der Waals surface area contributed by atoms with Crippen molar-refractivity contribution in [3.63, 3.8) is 0 Å². The maximum atomic E-state index is 12.6. The van der Waals surface area contributed by atoms with E-state index in [2.05, 4.69) is 0 Å². The van der Waals surface area contributed by atoms with Gasteiger partial charge in [-0.2, -0.15) is 0 Å². The maximum absolute atomic E-state index is 12.6. The molecule has 0 aliphatic carbocycles. The van der Waals surface area contributed by atoms with Gasteiger partial charge in [0.2, 0.25) is 0 Å². The topological polar surface area (TPSA) is 81.9 Å². The van der Waals surface area contributed by atoms with E-state index in [9.17, 15) is 14.9 Å². The highest BCUT2D eigenvalue weighted by Crippen LogP contribution is 2.38. The second-order valence-corrected chi connectivity index (χ2v) is 8.93. The van der Waals surface area contributed by atoms with Crippen LogP contribution in [0.2, 0.25) is 0 Å². The quantitative estimate of drug-likeness (QED) is 0.489. The van der Waals surface area contributed by atoms with Crippen molar-refractivity contribution in [2.45, 2.75) is 85.6 Å². The van der Waals surface area contributed by atoms with Crippen LogP contribution in [-0.2, 0) is 4.74 Å². The molecule has 0 radical (unpaired) electrons. The molecule has 1 amide bonds. The number of nitro benzene ring substituents is 1. The van der Waals surface area contributed by atoms with Gasteiger partial charge in [-0.25, -0.2) is 4.79 Å². The van der Waals surface area contributed by atoms with Crippen molar-refractivity contribution in [2.75, 3.05) is 0 Å². The Kier molecular flexibility index (Phi) is 6.60. The van der Waals surface area contributed by atoms with Gasteiger partial charge in [0.05, 0.1) is 17.1 Å². The van der Waals surface area contributed by atoms with Crippen LogP contribution in [0.4, 0.5) is 10.5 Å². The third kappa shape index (κ3) is 5.49. The summed E-state index contributed by atoms with van der Waals surface area (Å²) < 4.78 is 11.3. The van der Waals surface area contributed by atoms with E-state index in [4.69, 9.17) is 9.47 Å². The van der Waals surface area contributed by atoms with Crippen molar-refractivity contribution in [1.29, 1.82) is 0 Å². The zero-order valence-corrected chi connectivity index (χ0v) is 18.6. The van der Waals surface area contributed by atoms with Gasteiger partial charge in [0, 0.05) is 12.1 Å². The van der Waals surface area contributed by atoms with E-state index in [-0.39, 0.29) is 35.7 Å². The molecular formula is C22H32N2O5. The first-order valence-corrected chi connectivity index (χ1v) is 9.98. The Morgan fingerprint density at radius 2 is 1.90 bits per heavy atom. The van der Waals surface area contributed by atoms with E-state index in [1.165, 1.54) is 0 Å². The molecule has 1 heterocycles. The predicted octanol–water partition coefficient (Wildman–Crippen LogP) is 5.49. The number of aryl methyl sites for hydroxylation is 1. The fourth-order valence-corrected chi connectivity index (χ4v) is 3.63. The molecule has 160 valence electrons. The lowest BCUT2D eigenvalue weighted by molar-refractivity contribution is -0.386. The summed E-state index contributed by atoms with van der Waals surface area (Å²) in [5.41, 5.74) is 2.18. The molecule has 0 unspecified atom stereocenters. The lowest BCUT2D eigenvalue weighted by atomic mass is 9.89. The average Bonchev–Trinajstić information content (AvgIpc) is 2.52. The zero-order valence-electron chi connectivity index (χ0n) is 18.6. The number of hydrogen-bond acceptors (Lipinski definition) is 5. The molecule has 1 aliphatic rings. The van der Waals surface area contributed by atoms with E-state index in [0.29, 0.717) is 6.42 Å². The van der Waals surface area contributed by atoms with Crippen molar-refractivity contribution in [2.24, 2.45) is 0 Å². The number of nitro groups is 1. The summed E-state index contributed by atoms with van der Waals surface area (Å²) >= 11 is 0. The highest BCUT2D eigenvalue weighted by molar-refractivity contribution is 5.76. The molecule has 1 aromatic rings. The van der Waals surface area contributed by atoms with Crippen molar-refractivity contribution in [1.82, 2.24) is 4.90 Å². The molecule has 0 N–H and O–H groups in total. The van der Waals surface area contributed by atoms with Crippen LogP contribution in [0.5, 0.6) is 5.75 Å². The highest BCUT2D eigenvalue weighted by atomic mass is 16.6. The second-order valence-electron chi connectivity index (χ2n) is 8.93. The number of rotatable bonds is 4. The van der Waals surface area contributed by atoms with Gasteiger partial charge in [-0.05, 0) is 84.6 Å². The summed E-state index contributed by atoms with van der Waals surface area (Å²) in [5, 5.41) is 11.4. The van der Waals surface area contributed by atoms with Crippen LogP contribution in [0.1, 0.15) is 66.0 Å². The molecule has 7 nitrogen and oxygen atoms in total. The van der Waals surface area contributed by atoms with E-state index < -0.39 is 10.5 Å². The smallest absolute Gasteiger partial charge is 0.411 e. The number of nitrogens with zero attached hydrogens (tertiary/aromatic N) is 2. The normalized spacial score (nSPS) is 19.8. The first-order chi connectivity index (χ1) is 13.3. The van der Waals surface area contributed by atoms with Crippen LogP contribution < -0.4 is 4.74 Å². The summed E-state index contributed by atoms with van der Waals surface area (Å²) in [6.07, 6.45) is 2.14. The van der Waals surface area contributed by atoms with Crippen molar-refractivity contribution in [3.05, 3.63) is 39.4 Å². The first-order valence-electron chi connectivity index (χ1n) is 9.98. The Labute approximate surface area is 172 Å². The predicted molar refractivity (Wildman–Crippen MR) is 113 cm³/mol. The molecule has 2 atom stereocenters. The van der Waals surface area contributed by atoms with Gasteiger partial charge in [0.15, 0.2) is 5.75 Å². The zero-order chi connectivity index (χ0) is 22.1. The van der Waals surface area contributed by atoms with Crippen LogP contribution in [0.3, 0.4) is 0 Å². The summed E-state index contributed by atoms with van der Waals surface area (Å²) in [4.78, 5) is 25.4. The third-order valence-electron chi connectivity index (χ3n) is 4.69. The molecule has 0 saturated carbocycles. The van der Waals surface area contributed by atoms with Gasteiger partial charge < -0.3 is 9.47 Å². The fourth-order valence-electron chi connectivity index (χ4n) is 3.63. The summed E-state index contributed by atoms with van der Waals surface area (Å²) in [5.74, 6) is 0.265. The van der Waals surface area contributed by atoms with Crippen LogP contribution in [0.25, 0.3) is 5.57 Å². The van der Waals surface area contributed by atoms with Crippen molar-refractivity contribution < 1.29 is 19.2 Å². The maximum Gasteiger partial charge on any atom is 0.411 e. The largest absolute Gasteiger partial charge is 0.484 e. The molecule has 0 bridgehead atoms. The van der Waals surface area contributed by atoms with Gasteiger partial charge in [0.1, 0.15) is 5.60 Å². The Morgan fingerprint density at radius 3 is 2.38 bits per heavy atom. The molecule has 1 aliphatic heterocycles. The van der Waals surface area contributed by atoms with E-state index in [0.717, 1.165) is 16.7 Å². The number of benzene rings is 1. The van der Waals surface area contributed by atoms with Crippen LogP contribution in [0.15, 0.2) is 18.2 Å². The Morgan fingerprint density at radius 1 is 1.28 bits per heavy atom. The summed E-state index contributed by atoms with van der Waals surface area (Å²) in [6.45, 7) is 15.0. The van der Waals surface area contributed by atoms with Crippen molar-refractivity contribution in [3.8, 4) is 5.75 Å². The van der Waals surface area contributed by atoms with E-state index in [1.807, 2.05) is 61.5 Å². The van der Waals surface area contributed by atoms with E-state index in [1.54, 1.807) is 17.0 Å². The SMILES string of the molecule is Cc1cc([N+](=O)[O-])c(OC(C)C)cc1C1=C[C@@H](C)N(C(=O)OC(C)(C)C)[C@@H](C)C1. The molecular weight excluding hydrogens is 372 g/mol. The highest BCUT2D eigenvalue weighted by Gasteiger charge is 2.33. The molecule has 2 rings (SSSR count). The summed E-state index contributed by atoms with van der Waals surface area (Å²) in [7, 11) is 0. The van der Waals surface area contributed by atoms with Gasteiger partial charge in [0.25, 0.3) is 0 Å². The molecule has 7 heteroatoms. The average molecular weight is 405 g/mol. The number of hydrogen-bond donors (Lipinski definition) is 0. The van der Waals surface area contributed by atoms with Crippen LogP contribution in [0, 0.1) is 17.0 Å². The minimum absolute atomic E-state index is 0.0344. The first kappa shape index (κ1) is 22.7. The lowest BCUT2D eigenvalue weighted by Crippen LogP contribution is -2.48. The molecule has 0 aromatic heterocycles. The van der Waals surface area contributed by atoms with Crippen LogP contribution in [-0.4, -0.2) is 39.7 Å². The number of ether oxygens (including phenoxy) is 2. The Hall–Kier alpha value is -2.57. The standard InChI is InChI=1S/C22H32N2O5/c1-13(2)28-20-12-18(14(3)9-19(20)24(26)27)17-10-15(4)23(16(5)11-17)21(25)29-22(6,7)8/h9-10,12-13,15-16H,11H2,1-8H3/t15-,16+/m1/s1. The number of amides is 1. The molecule has 1 aromatic carbocycles. The Balaban J connectivity index is 2.41.